The molecule has 86 valence electrons. The number of amides is 1. The Morgan fingerprint density at radius 1 is 1.33 bits per heavy atom. The van der Waals surface area contributed by atoms with Crippen molar-refractivity contribution in [1.29, 1.82) is 0 Å². The average molecular weight is 211 g/mol. The van der Waals surface area contributed by atoms with E-state index in [1.54, 1.807) is 6.92 Å². The summed E-state index contributed by atoms with van der Waals surface area (Å²) < 4.78 is 5.97. The first-order valence-corrected chi connectivity index (χ1v) is 6.11. The maximum atomic E-state index is 11.0. The van der Waals surface area contributed by atoms with Gasteiger partial charge < -0.3 is 10.1 Å². The van der Waals surface area contributed by atoms with E-state index in [0.29, 0.717) is 6.04 Å². The first kappa shape index (κ1) is 10.9. The molecule has 3 nitrogen and oxygen atoms in total. The topological polar surface area (TPSA) is 38.3 Å². The van der Waals surface area contributed by atoms with Crippen LogP contribution in [-0.4, -0.2) is 24.2 Å². The maximum absolute atomic E-state index is 11.0. The maximum Gasteiger partial charge on any atom is 0.217 e. The molecule has 1 heterocycles. The molecule has 3 heteroatoms. The average Bonchev–Trinajstić information content (AvgIpc) is 2.17. The van der Waals surface area contributed by atoms with Gasteiger partial charge in [0.05, 0.1) is 5.60 Å². The zero-order valence-electron chi connectivity index (χ0n) is 9.55. The second kappa shape index (κ2) is 4.52. The summed E-state index contributed by atoms with van der Waals surface area (Å²) in [7, 11) is 0. The van der Waals surface area contributed by atoms with E-state index < -0.39 is 0 Å². The van der Waals surface area contributed by atoms with Gasteiger partial charge in [0, 0.05) is 19.6 Å². The summed E-state index contributed by atoms with van der Waals surface area (Å²) >= 11 is 0. The van der Waals surface area contributed by atoms with Crippen molar-refractivity contribution in [3.05, 3.63) is 0 Å². The molecular weight excluding hydrogens is 190 g/mol. The molecule has 15 heavy (non-hydrogen) atoms. The van der Waals surface area contributed by atoms with Gasteiger partial charge in [0.2, 0.25) is 5.91 Å². The van der Waals surface area contributed by atoms with Gasteiger partial charge in [-0.3, -0.25) is 4.79 Å². The van der Waals surface area contributed by atoms with Crippen LogP contribution in [0, 0.1) is 0 Å². The molecule has 0 aromatic carbocycles. The minimum atomic E-state index is 0.0906. The van der Waals surface area contributed by atoms with E-state index in [1.165, 1.54) is 32.1 Å². The lowest BCUT2D eigenvalue weighted by Gasteiger charge is -2.43. The Labute approximate surface area is 91.6 Å². The Morgan fingerprint density at radius 2 is 2.07 bits per heavy atom. The largest absolute Gasteiger partial charge is 0.375 e. The van der Waals surface area contributed by atoms with Gasteiger partial charge in [0.25, 0.3) is 0 Å². The molecule has 1 atom stereocenters. The summed E-state index contributed by atoms with van der Waals surface area (Å²) in [6.45, 7) is 2.41. The fourth-order valence-electron chi connectivity index (χ4n) is 2.98. The Morgan fingerprint density at radius 3 is 2.73 bits per heavy atom. The van der Waals surface area contributed by atoms with E-state index in [2.05, 4.69) is 5.32 Å². The van der Waals surface area contributed by atoms with Crippen molar-refractivity contribution >= 4 is 5.91 Å². The molecule has 0 aromatic rings. The molecule has 1 saturated carbocycles. The highest BCUT2D eigenvalue weighted by Gasteiger charge is 2.38. The summed E-state index contributed by atoms with van der Waals surface area (Å²) in [4.78, 5) is 11.0. The minimum absolute atomic E-state index is 0.0906. The summed E-state index contributed by atoms with van der Waals surface area (Å²) in [5.74, 6) is 0.0906. The van der Waals surface area contributed by atoms with Crippen LogP contribution >= 0.6 is 0 Å². The van der Waals surface area contributed by atoms with E-state index in [9.17, 15) is 4.79 Å². The molecule has 0 bridgehead atoms. The summed E-state index contributed by atoms with van der Waals surface area (Å²) in [6.07, 6.45) is 8.27. The van der Waals surface area contributed by atoms with E-state index >= 15 is 0 Å². The standard InChI is InChI=1S/C12H21NO2/c1-10(14)13-11-5-8-15-12(9-11)6-3-2-4-7-12/h11H,2-9H2,1H3,(H,13,14)/t11-/m0/s1. The molecule has 2 rings (SSSR count). The van der Waals surface area contributed by atoms with Crippen molar-refractivity contribution in [3.63, 3.8) is 0 Å². The monoisotopic (exact) mass is 211 g/mol. The predicted octanol–water partition coefficient (Wildman–Crippen LogP) is 2.00. The SMILES string of the molecule is CC(=O)N[C@H]1CCOC2(CCCCC2)C1. The second-order valence-corrected chi connectivity index (χ2v) is 4.98. The third-order valence-electron chi connectivity index (χ3n) is 3.67. The van der Waals surface area contributed by atoms with Crippen molar-refractivity contribution in [2.75, 3.05) is 6.61 Å². The molecule has 1 saturated heterocycles. The number of ether oxygens (including phenoxy) is 1. The number of hydrogen-bond acceptors (Lipinski definition) is 2. The van der Waals surface area contributed by atoms with Crippen molar-refractivity contribution in [1.82, 2.24) is 5.32 Å². The van der Waals surface area contributed by atoms with Crippen molar-refractivity contribution < 1.29 is 9.53 Å². The third-order valence-corrected chi connectivity index (χ3v) is 3.67. The number of carbonyl (C=O) groups excluding carboxylic acids is 1. The van der Waals surface area contributed by atoms with Gasteiger partial charge in [0.1, 0.15) is 0 Å². The van der Waals surface area contributed by atoms with Crippen LogP contribution in [0.4, 0.5) is 0 Å². The highest BCUT2D eigenvalue weighted by molar-refractivity contribution is 5.73. The lowest BCUT2D eigenvalue weighted by molar-refractivity contribution is -0.126. The fraction of sp³-hybridized carbons (Fsp3) is 0.917. The number of hydrogen-bond donors (Lipinski definition) is 1. The normalized spacial score (nSPS) is 30.1. The van der Waals surface area contributed by atoms with Crippen molar-refractivity contribution in [2.45, 2.75) is 63.5 Å². The Balaban J connectivity index is 1.93. The molecule has 1 spiro atoms. The predicted molar refractivity (Wildman–Crippen MR) is 58.6 cm³/mol. The zero-order valence-corrected chi connectivity index (χ0v) is 9.55. The van der Waals surface area contributed by atoms with Crippen molar-refractivity contribution in [3.8, 4) is 0 Å². The van der Waals surface area contributed by atoms with Crippen LogP contribution in [0.15, 0.2) is 0 Å². The van der Waals surface area contributed by atoms with Crippen LogP contribution < -0.4 is 5.32 Å². The second-order valence-electron chi connectivity index (χ2n) is 4.98. The van der Waals surface area contributed by atoms with E-state index in [-0.39, 0.29) is 11.5 Å². The smallest absolute Gasteiger partial charge is 0.217 e. The van der Waals surface area contributed by atoms with Crippen LogP contribution in [0.25, 0.3) is 0 Å². The molecule has 0 radical (unpaired) electrons. The first-order chi connectivity index (χ1) is 7.20. The van der Waals surface area contributed by atoms with Crippen LogP contribution in [0.1, 0.15) is 51.9 Å². The van der Waals surface area contributed by atoms with Crippen LogP contribution in [0.2, 0.25) is 0 Å². The fourth-order valence-corrected chi connectivity index (χ4v) is 2.98. The van der Waals surface area contributed by atoms with Gasteiger partial charge in [-0.05, 0) is 25.7 Å². The molecule has 2 fully saturated rings. The summed E-state index contributed by atoms with van der Waals surface area (Å²) in [5, 5.41) is 3.03. The molecule has 1 amide bonds. The van der Waals surface area contributed by atoms with Crippen LogP contribution in [0.3, 0.4) is 0 Å². The Kier molecular flexibility index (Phi) is 3.29. The Bertz CT molecular complexity index is 228. The Hall–Kier alpha value is -0.570. The number of rotatable bonds is 1. The summed E-state index contributed by atoms with van der Waals surface area (Å²) in [5.41, 5.74) is 0.101. The van der Waals surface area contributed by atoms with Gasteiger partial charge in [-0.25, -0.2) is 0 Å². The van der Waals surface area contributed by atoms with Gasteiger partial charge in [-0.2, -0.15) is 0 Å². The van der Waals surface area contributed by atoms with Crippen molar-refractivity contribution in [2.24, 2.45) is 0 Å². The molecule has 1 aliphatic heterocycles. The highest BCUT2D eigenvalue weighted by atomic mass is 16.5. The highest BCUT2D eigenvalue weighted by Crippen LogP contribution is 2.38. The molecule has 0 aromatic heterocycles. The van der Waals surface area contributed by atoms with Gasteiger partial charge in [0.15, 0.2) is 0 Å². The lowest BCUT2D eigenvalue weighted by Crippen LogP contribution is -2.49. The molecular formula is C12H21NO2. The van der Waals surface area contributed by atoms with Crippen LogP contribution in [0.5, 0.6) is 0 Å². The first-order valence-electron chi connectivity index (χ1n) is 6.11. The zero-order chi connectivity index (χ0) is 10.7. The van der Waals surface area contributed by atoms with E-state index in [4.69, 9.17) is 4.74 Å². The van der Waals surface area contributed by atoms with Gasteiger partial charge in [-0.1, -0.05) is 19.3 Å². The number of nitrogens with one attached hydrogen (secondary N) is 1. The van der Waals surface area contributed by atoms with E-state index in [0.717, 1.165) is 19.4 Å². The van der Waals surface area contributed by atoms with Gasteiger partial charge >= 0.3 is 0 Å². The quantitative estimate of drug-likeness (QED) is 0.720. The van der Waals surface area contributed by atoms with Gasteiger partial charge in [-0.15, -0.1) is 0 Å². The van der Waals surface area contributed by atoms with Crippen LogP contribution in [-0.2, 0) is 9.53 Å². The molecule has 1 aliphatic carbocycles. The lowest BCUT2D eigenvalue weighted by atomic mass is 9.78. The molecule has 2 aliphatic rings. The third kappa shape index (κ3) is 2.71. The molecule has 1 N–H and O–H groups in total. The number of carbonyl (C=O) groups is 1. The summed E-state index contributed by atoms with van der Waals surface area (Å²) in [6, 6.07) is 0.342. The minimum Gasteiger partial charge on any atom is -0.375 e. The van der Waals surface area contributed by atoms with E-state index in [1.807, 2.05) is 0 Å². The molecule has 0 unspecified atom stereocenters.